The molecule has 0 saturated carbocycles. The van der Waals surface area contributed by atoms with Gasteiger partial charge in [0.1, 0.15) is 4.88 Å². The largest absolute Gasteiger partial charge is 0.448 e. The summed E-state index contributed by atoms with van der Waals surface area (Å²) in [4.78, 5) is 33.7. The highest BCUT2D eigenvalue weighted by Gasteiger charge is 2.23. The Morgan fingerprint density at radius 3 is 2.50 bits per heavy atom. The van der Waals surface area contributed by atoms with Crippen molar-refractivity contribution >= 4 is 39.7 Å². The number of rotatable bonds is 6. The van der Waals surface area contributed by atoms with E-state index in [-0.39, 0.29) is 0 Å². The van der Waals surface area contributed by atoms with Crippen LogP contribution in [0.3, 0.4) is 0 Å². The molecule has 1 aromatic carbocycles. The van der Waals surface area contributed by atoms with Gasteiger partial charge in [0.25, 0.3) is 5.91 Å². The first-order chi connectivity index (χ1) is 13.4. The van der Waals surface area contributed by atoms with Crippen molar-refractivity contribution < 1.29 is 14.3 Å². The van der Waals surface area contributed by atoms with E-state index in [9.17, 15) is 9.59 Å². The van der Waals surface area contributed by atoms with Crippen LogP contribution in [0, 0.1) is 13.8 Å². The third-order valence-electron chi connectivity index (χ3n) is 4.13. The Bertz CT molecular complexity index is 993. The van der Waals surface area contributed by atoms with Crippen molar-refractivity contribution in [2.45, 2.75) is 40.2 Å². The molecule has 0 fully saturated rings. The molecule has 0 unspecified atom stereocenters. The maximum atomic E-state index is 12.4. The predicted octanol–water partition coefficient (Wildman–Crippen LogP) is 4.63. The Morgan fingerprint density at radius 1 is 1.18 bits per heavy atom. The lowest BCUT2D eigenvalue weighted by molar-refractivity contribution is -0.123. The SMILES string of the molecule is CCc1ccc(-c2csc(NC(=O)[C@@H](C)OC(=O)c3sc(C)nc3C)n2)cc1. The molecule has 6 nitrogen and oxygen atoms in total. The van der Waals surface area contributed by atoms with Crippen LogP contribution >= 0.6 is 22.7 Å². The van der Waals surface area contributed by atoms with Gasteiger partial charge in [-0.05, 0) is 32.8 Å². The monoisotopic (exact) mass is 415 g/mol. The van der Waals surface area contributed by atoms with E-state index in [0.717, 1.165) is 22.7 Å². The minimum absolute atomic E-state index is 0.421. The Labute approximate surface area is 171 Å². The number of amides is 1. The molecule has 0 aliphatic carbocycles. The number of aryl methyl sites for hydroxylation is 3. The van der Waals surface area contributed by atoms with Gasteiger partial charge < -0.3 is 4.74 Å². The fourth-order valence-electron chi connectivity index (χ4n) is 2.57. The molecule has 28 heavy (non-hydrogen) atoms. The van der Waals surface area contributed by atoms with Crippen molar-refractivity contribution in [3.8, 4) is 11.3 Å². The molecule has 1 N–H and O–H groups in total. The van der Waals surface area contributed by atoms with Crippen molar-refractivity contribution in [3.63, 3.8) is 0 Å². The first kappa shape index (κ1) is 20.2. The number of hydrogen-bond donors (Lipinski definition) is 1. The summed E-state index contributed by atoms with van der Waals surface area (Å²) in [7, 11) is 0. The van der Waals surface area contributed by atoms with E-state index in [0.29, 0.717) is 15.7 Å². The number of esters is 1. The normalized spacial score (nSPS) is 11.9. The fourth-order valence-corrected chi connectivity index (χ4v) is 4.10. The number of nitrogens with one attached hydrogen (secondary N) is 1. The maximum absolute atomic E-state index is 12.4. The molecule has 3 aromatic rings. The van der Waals surface area contributed by atoms with E-state index in [1.54, 1.807) is 6.92 Å². The summed E-state index contributed by atoms with van der Waals surface area (Å²) >= 11 is 2.59. The summed E-state index contributed by atoms with van der Waals surface area (Å²) in [6.45, 7) is 7.21. The number of carbonyl (C=O) groups is 2. The van der Waals surface area contributed by atoms with Crippen molar-refractivity contribution in [1.29, 1.82) is 0 Å². The molecule has 146 valence electrons. The number of ether oxygens (including phenoxy) is 1. The number of benzene rings is 1. The topological polar surface area (TPSA) is 81.2 Å². The van der Waals surface area contributed by atoms with Crippen LogP contribution in [0.2, 0.25) is 0 Å². The highest BCUT2D eigenvalue weighted by atomic mass is 32.1. The summed E-state index contributed by atoms with van der Waals surface area (Å²) in [5, 5.41) is 5.84. The average Bonchev–Trinajstić information content (AvgIpc) is 3.27. The predicted molar refractivity (Wildman–Crippen MR) is 112 cm³/mol. The van der Waals surface area contributed by atoms with Gasteiger partial charge in [-0.15, -0.1) is 22.7 Å². The van der Waals surface area contributed by atoms with Gasteiger partial charge in [-0.2, -0.15) is 0 Å². The lowest BCUT2D eigenvalue weighted by atomic mass is 10.1. The van der Waals surface area contributed by atoms with Crippen LogP contribution in [0.5, 0.6) is 0 Å². The number of nitrogens with zero attached hydrogens (tertiary/aromatic N) is 2. The van der Waals surface area contributed by atoms with E-state index in [4.69, 9.17) is 4.74 Å². The van der Waals surface area contributed by atoms with Crippen LogP contribution < -0.4 is 5.32 Å². The molecule has 0 aliphatic heterocycles. The van der Waals surface area contributed by atoms with Gasteiger partial charge >= 0.3 is 5.97 Å². The molecule has 3 rings (SSSR count). The van der Waals surface area contributed by atoms with Crippen LogP contribution in [0.15, 0.2) is 29.6 Å². The maximum Gasteiger partial charge on any atom is 0.351 e. The number of hydrogen-bond acceptors (Lipinski definition) is 7. The Balaban J connectivity index is 1.61. The van der Waals surface area contributed by atoms with Gasteiger partial charge in [-0.1, -0.05) is 31.2 Å². The van der Waals surface area contributed by atoms with Gasteiger partial charge in [0.15, 0.2) is 11.2 Å². The fraction of sp³-hybridized carbons (Fsp3) is 0.300. The van der Waals surface area contributed by atoms with Gasteiger partial charge in [0.2, 0.25) is 0 Å². The van der Waals surface area contributed by atoms with Crippen LogP contribution in [0.1, 0.15) is 39.8 Å². The summed E-state index contributed by atoms with van der Waals surface area (Å²) in [5.74, 6) is -0.962. The second-order valence-corrected chi connectivity index (χ2v) is 8.33. The first-order valence-electron chi connectivity index (χ1n) is 8.88. The van der Waals surface area contributed by atoms with E-state index in [2.05, 4.69) is 34.3 Å². The van der Waals surface area contributed by atoms with E-state index < -0.39 is 18.0 Å². The number of thiazole rings is 2. The quantitative estimate of drug-likeness (QED) is 0.594. The molecular weight excluding hydrogens is 394 g/mol. The van der Waals surface area contributed by atoms with Crippen molar-refractivity contribution in [1.82, 2.24) is 9.97 Å². The summed E-state index contributed by atoms with van der Waals surface area (Å²) in [6.07, 6.45) is 0.0427. The second kappa shape index (κ2) is 8.62. The molecule has 1 atom stereocenters. The zero-order chi connectivity index (χ0) is 20.3. The summed E-state index contributed by atoms with van der Waals surface area (Å²) < 4.78 is 5.28. The Morgan fingerprint density at radius 2 is 1.89 bits per heavy atom. The van der Waals surface area contributed by atoms with E-state index in [1.807, 2.05) is 24.4 Å². The number of anilines is 1. The third kappa shape index (κ3) is 4.63. The Hall–Kier alpha value is -2.58. The molecule has 2 aromatic heterocycles. The molecule has 0 saturated heterocycles. The number of carbonyl (C=O) groups excluding carboxylic acids is 2. The van der Waals surface area contributed by atoms with Crippen molar-refractivity contribution in [3.05, 3.63) is 50.8 Å². The molecule has 1 amide bonds. The summed E-state index contributed by atoms with van der Waals surface area (Å²) in [6, 6.07) is 8.17. The van der Waals surface area contributed by atoms with Crippen LogP contribution in [-0.4, -0.2) is 27.9 Å². The van der Waals surface area contributed by atoms with Gasteiger partial charge in [-0.3, -0.25) is 10.1 Å². The standard InChI is InChI=1S/C20H21N3O3S2/c1-5-14-6-8-15(9-7-14)16-10-27-20(22-16)23-18(24)12(3)26-19(25)17-11(2)21-13(4)28-17/h6-10,12H,5H2,1-4H3,(H,22,23,24)/t12-/m1/s1. The second-order valence-electron chi connectivity index (χ2n) is 6.27. The minimum atomic E-state index is -0.939. The third-order valence-corrected chi connectivity index (χ3v) is 5.94. The van der Waals surface area contributed by atoms with Crippen molar-refractivity contribution in [2.75, 3.05) is 5.32 Å². The van der Waals surface area contributed by atoms with Gasteiger partial charge in [0.05, 0.1) is 16.4 Å². The number of aromatic nitrogens is 2. The molecule has 0 radical (unpaired) electrons. The van der Waals surface area contributed by atoms with Crippen LogP contribution in [-0.2, 0) is 16.0 Å². The van der Waals surface area contributed by atoms with Gasteiger partial charge in [-0.25, -0.2) is 14.8 Å². The molecule has 2 heterocycles. The molecule has 0 spiro atoms. The molecule has 0 aliphatic rings. The Kier molecular flexibility index (Phi) is 6.21. The lowest BCUT2D eigenvalue weighted by Crippen LogP contribution is -2.29. The van der Waals surface area contributed by atoms with Crippen LogP contribution in [0.25, 0.3) is 11.3 Å². The highest BCUT2D eigenvalue weighted by Crippen LogP contribution is 2.25. The van der Waals surface area contributed by atoms with E-state index >= 15 is 0 Å². The summed E-state index contributed by atoms with van der Waals surface area (Å²) in [5.41, 5.74) is 3.65. The zero-order valence-corrected chi connectivity index (χ0v) is 17.7. The average molecular weight is 416 g/mol. The minimum Gasteiger partial charge on any atom is -0.448 e. The highest BCUT2D eigenvalue weighted by molar-refractivity contribution is 7.14. The van der Waals surface area contributed by atoms with Crippen LogP contribution in [0.4, 0.5) is 5.13 Å². The smallest absolute Gasteiger partial charge is 0.351 e. The van der Waals surface area contributed by atoms with Crippen molar-refractivity contribution in [2.24, 2.45) is 0 Å². The molecular formula is C20H21N3O3S2. The van der Waals surface area contributed by atoms with Gasteiger partial charge in [0, 0.05) is 10.9 Å². The van der Waals surface area contributed by atoms with E-state index in [1.165, 1.54) is 35.2 Å². The molecule has 0 bridgehead atoms. The lowest BCUT2D eigenvalue weighted by Gasteiger charge is -2.11. The molecule has 8 heteroatoms. The zero-order valence-electron chi connectivity index (χ0n) is 16.1. The first-order valence-corrected chi connectivity index (χ1v) is 10.6.